The molecule has 0 aliphatic carbocycles. The lowest BCUT2D eigenvalue weighted by Crippen LogP contribution is -2.38. The van der Waals surface area contributed by atoms with Gasteiger partial charge in [-0.05, 0) is 55.4 Å². The van der Waals surface area contributed by atoms with Gasteiger partial charge in [0.2, 0.25) is 0 Å². The van der Waals surface area contributed by atoms with Crippen LogP contribution in [0.15, 0.2) is 11.6 Å². The smallest absolute Gasteiger partial charge is 0.378 e. The standard InChI is InChI=1S/C14H31N2O3P/c1-9-18-20(17,19-10-2)12(16-14(6,7)8)11-15-13(3,4)5/h11,15-16H,9-10H2,1-8H3/b12-11-. The molecule has 0 saturated heterocycles. The maximum Gasteiger partial charge on any atom is 0.378 e. The molecule has 0 rings (SSSR count). The Balaban J connectivity index is 5.42. The van der Waals surface area contributed by atoms with Gasteiger partial charge in [0.1, 0.15) is 5.44 Å². The van der Waals surface area contributed by atoms with Crippen LogP contribution in [0, 0.1) is 0 Å². The van der Waals surface area contributed by atoms with E-state index in [-0.39, 0.29) is 11.1 Å². The summed E-state index contributed by atoms with van der Waals surface area (Å²) in [6.45, 7) is 16.4. The van der Waals surface area contributed by atoms with Gasteiger partial charge in [-0.15, -0.1) is 0 Å². The van der Waals surface area contributed by atoms with Crippen LogP contribution >= 0.6 is 7.60 Å². The predicted molar refractivity (Wildman–Crippen MR) is 84.7 cm³/mol. The molecule has 6 heteroatoms. The van der Waals surface area contributed by atoms with Crippen molar-refractivity contribution >= 4 is 7.60 Å². The fraction of sp³-hybridized carbons (Fsp3) is 0.857. The van der Waals surface area contributed by atoms with E-state index in [1.165, 1.54) is 0 Å². The molecule has 0 aliphatic rings. The van der Waals surface area contributed by atoms with Crippen molar-refractivity contribution in [2.45, 2.75) is 66.5 Å². The van der Waals surface area contributed by atoms with Gasteiger partial charge >= 0.3 is 7.60 Å². The van der Waals surface area contributed by atoms with Gasteiger partial charge in [-0.1, -0.05) is 0 Å². The summed E-state index contributed by atoms with van der Waals surface area (Å²) in [6.07, 6.45) is 1.71. The van der Waals surface area contributed by atoms with Crippen molar-refractivity contribution < 1.29 is 13.6 Å². The van der Waals surface area contributed by atoms with Gasteiger partial charge in [-0.3, -0.25) is 4.57 Å². The van der Waals surface area contributed by atoms with Crippen molar-refractivity contribution in [3.63, 3.8) is 0 Å². The third kappa shape index (κ3) is 7.93. The summed E-state index contributed by atoms with van der Waals surface area (Å²) in [5.74, 6) is 0. The van der Waals surface area contributed by atoms with Crippen LogP contribution in [0.5, 0.6) is 0 Å². The third-order valence-corrected chi connectivity index (χ3v) is 4.07. The zero-order valence-electron chi connectivity index (χ0n) is 14.2. The molecule has 2 N–H and O–H groups in total. The Morgan fingerprint density at radius 2 is 1.45 bits per heavy atom. The topological polar surface area (TPSA) is 59.6 Å². The molecule has 120 valence electrons. The molecule has 0 aliphatic heterocycles. The Labute approximate surface area is 124 Å². The van der Waals surface area contributed by atoms with Crippen LogP contribution in [0.1, 0.15) is 55.4 Å². The van der Waals surface area contributed by atoms with Crippen LogP contribution in [-0.2, 0) is 13.6 Å². The largest absolute Gasteiger partial charge is 0.384 e. The maximum atomic E-state index is 12.9. The average Bonchev–Trinajstić information content (AvgIpc) is 2.22. The van der Waals surface area contributed by atoms with Gasteiger partial charge in [0.05, 0.1) is 13.2 Å². The first-order valence-electron chi connectivity index (χ1n) is 7.09. The first kappa shape index (κ1) is 19.5. The molecule has 0 aromatic carbocycles. The monoisotopic (exact) mass is 306 g/mol. The van der Waals surface area contributed by atoms with Crippen LogP contribution in [0.4, 0.5) is 0 Å². The normalized spacial score (nSPS) is 14.3. The van der Waals surface area contributed by atoms with E-state index in [2.05, 4.69) is 10.6 Å². The minimum absolute atomic E-state index is 0.131. The second-order valence-corrected chi connectivity index (χ2v) is 8.63. The van der Waals surface area contributed by atoms with Crippen LogP contribution in [0.2, 0.25) is 0 Å². The van der Waals surface area contributed by atoms with Crippen LogP contribution in [-0.4, -0.2) is 24.3 Å². The molecule has 5 nitrogen and oxygen atoms in total. The zero-order chi connectivity index (χ0) is 16.0. The Morgan fingerprint density at radius 1 is 1.00 bits per heavy atom. The molecule has 0 bridgehead atoms. The van der Waals surface area contributed by atoms with Crippen molar-refractivity contribution in [2.24, 2.45) is 0 Å². The molecule has 0 heterocycles. The van der Waals surface area contributed by atoms with Gasteiger partial charge in [0, 0.05) is 17.3 Å². The molecular weight excluding hydrogens is 275 g/mol. The van der Waals surface area contributed by atoms with E-state index in [0.29, 0.717) is 18.7 Å². The summed E-state index contributed by atoms with van der Waals surface area (Å²) in [7, 11) is -3.32. The molecule has 0 fully saturated rings. The van der Waals surface area contributed by atoms with Crippen molar-refractivity contribution in [1.82, 2.24) is 10.6 Å². The molecule has 0 spiro atoms. The SMILES string of the molecule is CCOP(=O)(OCC)/C(=C\NC(C)(C)C)NC(C)(C)C. The molecule has 0 atom stereocenters. The van der Waals surface area contributed by atoms with E-state index in [0.717, 1.165) is 0 Å². The molecule has 0 aromatic heterocycles. The van der Waals surface area contributed by atoms with E-state index in [4.69, 9.17) is 9.05 Å². The quantitative estimate of drug-likeness (QED) is 0.700. The molecule has 0 saturated carbocycles. The summed E-state index contributed by atoms with van der Waals surface area (Å²) < 4.78 is 23.7. The lowest BCUT2D eigenvalue weighted by molar-refractivity contribution is 0.222. The van der Waals surface area contributed by atoms with E-state index in [1.807, 2.05) is 41.5 Å². The van der Waals surface area contributed by atoms with Crippen molar-refractivity contribution in [1.29, 1.82) is 0 Å². The zero-order valence-corrected chi connectivity index (χ0v) is 15.1. The van der Waals surface area contributed by atoms with Gasteiger partial charge in [-0.2, -0.15) is 0 Å². The van der Waals surface area contributed by atoms with Crippen LogP contribution < -0.4 is 10.6 Å². The molecule has 0 aromatic rings. The van der Waals surface area contributed by atoms with Crippen molar-refractivity contribution in [3.05, 3.63) is 11.6 Å². The minimum atomic E-state index is -3.32. The predicted octanol–water partition coefficient (Wildman–Crippen LogP) is 3.83. The van der Waals surface area contributed by atoms with Gasteiger partial charge < -0.3 is 19.7 Å². The lowest BCUT2D eigenvalue weighted by atomic mass is 10.1. The number of rotatable bonds is 7. The van der Waals surface area contributed by atoms with Crippen LogP contribution in [0.3, 0.4) is 0 Å². The average molecular weight is 306 g/mol. The second-order valence-electron chi connectivity index (χ2n) is 6.63. The van der Waals surface area contributed by atoms with Gasteiger partial charge in [0.15, 0.2) is 0 Å². The van der Waals surface area contributed by atoms with Crippen molar-refractivity contribution in [3.8, 4) is 0 Å². The fourth-order valence-corrected chi connectivity index (χ4v) is 3.10. The summed E-state index contributed by atoms with van der Waals surface area (Å²) in [5.41, 5.74) is 0.0900. The first-order valence-corrected chi connectivity index (χ1v) is 8.63. The van der Waals surface area contributed by atoms with Gasteiger partial charge in [0.25, 0.3) is 0 Å². The summed E-state index contributed by atoms with van der Waals surface area (Å²) in [5, 5.41) is 6.43. The maximum absolute atomic E-state index is 12.9. The number of nitrogens with one attached hydrogen (secondary N) is 2. The molecule has 0 radical (unpaired) electrons. The Bertz CT molecular complexity index is 358. The van der Waals surface area contributed by atoms with Gasteiger partial charge in [-0.25, -0.2) is 0 Å². The van der Waals surface area contributed by atoms with E-state index in [9.17, 15) is 4.57 Å². The Morgan fingerprint density at radius 3 is 1.75 bits per heavy atom. The number of hydrogen-bond acceptors (Lipinski definition) is 5. The Kier molecular flexibility index (Phi) is 7.29. The highest BCUT2D eigenvalue weighted by Gasteiger charge is 2.32. The molecule has 0 unspecified atom stereocenters. The first-order chi connectivity index (χ1) is 8.93. The molecular formula is C14H31N2O3P. The Hall–Kier alpha value is -0.510. The van der Waals surface area contributed by atoms with E-state index >= 15 is 0 Å². The summed E-state index contributed by atoms with van der Waals surface area (Å²) >= 11 is 0. The lowest BCUT2D eigenvalue weighted by Gasteiger charge is -2.29. The summed E-state index contributed by atoms with van der Waals surface area (Å²) in [4.78, 5) is 0. The highest BCUT2D eigenvalue weighted by molar-refractivity contribution is 7.58. The molecule has 0 amide bonds. The van der Waals surface area contributed by atoms with E-state index < -0.39 is 7.60 Å². The third-order valence-electron chi connectivity index (χ3n) is 2.04. The van der Waals surface area contributed by atoms with Crippen LogP contribution in [0.25, 0.3) is 0 Å². The molecule has 20 heavy (non-hydrogen) atoms. The van der Waals surface area contributed by atoms with Crippen molar-refractivity contribution in [2.75, 3.05) is 13.2 Å². The van der Waals surface area contributed by atoms with E-state index in [1.54, 1.807) is 20.0 Å². The second kappa shape index (κ2) is 7.48. The summed E-state index contributed by atoms with van der Waals surface area (Å²) in [6, 6.07) is 0. The highest BCUT2D eigenvalue weighted by Crippen LogP contribution is 2.55. The fourth-order valence-electron chi connectivity index (χ4n) is 1.37. The number of hydrogen-bond donors (Lipinski definition) is 2. The minimum Gasteiger partial charge on any atom is -0.384 e. The highest BCUT2D eigenvalue weighted by atomic mass is 31.2.